The van der Waals surface area contributed by atoms with Crippen LogP contribution < -0.4 is 0 Å². The van der Waals surface area contributed by atoms with Gasteiger partial charge in [0.05, 0.1) is 0 Å². The molecule has 1 aromatic carbocycles. The number of aromatic nitrogens is 1. The van der Waals surface area contributed by atoms with Gasteiger partial charge in [0.15, 0.2) is 0 Å². The van der Waals surface area contributed by atoms with Crippen LogP contribution in [-0.4, -0.2) is 29.0 Å². The third kappa shape index (κ3) is 5.32. The van der Waals surface area contributed by atoms with Gasteiger partial charge < -0.3 is 0 Å². The average Bonchev–Trinajstić information content (AvgIpc) is 2.68. The maximum atomic E-state index is 4.17. The van der Waals surface area contributed by atoms with Gasteiger partial charge in [-0.25, -0.2) is 0 Å². The van der Waals surface area contributed by atoms with Gasteiger partial charge in [0.25, 0.3) is 0 Å². The van der Waals surface area contributed by atoms with E-state index in [-0.39, 0.29) is 5.41 Å². The molecule has 0 N–H and O–H groups in total. The van der Waals surface area contributed by atoms with Gasteiger partial charge in [-0.05, 0) is 87.7 Å². The fourth-order valence-electron chi connectivity index (χ4n) is 4.52. The number of hydrogen-bond donors (Lipinski definition) is 0. The highest BCUT2D eigenvalue weighted by molar-refractivity contribution is 5.28. The van der Waals surface area contributed by atoms with Gasteiger partial charge in [0.2, 0.25) is 0 Å². The molecule has 1 aliphatic heterocycles. The second-order valence-corrected chi connectivity index (χ2v) is 9.36. The van der Waals surface area contributed by atoms with Crippen LogP contribution in [0.15, 0.2) is 60.4 Å². The van der Waals surface area contributed by atoms with Crippen molar-refractivity contribution in [2.45, 2.75) is 71.3 Å². The Morgan fingerprint density at radius 3 is 2.25 bits per heavy atom. The van der Waals surface area contributed by atoms with Gasteiger partial charge in [-0.1, -0.05) is 55.3 Å². The molecule has 2 heterocycles. The van der Waals surface area contributed by atoms with Gasteiger partial charge in [-0.3, -0.25) is 9.88 Å². The largest absolute Gasteiger partial charge is 0.297 e. The second-order valence-electron chi connectivity index (χ2n) is 9.36. The maximum Gasteiger partial charge on any atom is 0.0288 e. The molecule has 150 valence electrons. The molecule has 1 atom stereocenters. The monoisotopic (exact) mass is 376 g/mol. The summed E-state index contributed by atoms with van der Waals surface area (Å²) < 4.78 is 0. The Morgan fingerprint density at radius 2 is 1.68 bits per heavy atom. The molecule has 0 radical (unpaired) electrons. The van der Waals surface area contributed by atoms with E-state index >= 15 is 0 Å². The van der Waals surface area contributed by atoms with Crippen molar-refractivity contribution in [1.82, 2.24) is 9.88 Å². The Balaban J connectivity index is 1.70. The van der Waals surface area contributed by atoms with Crippen LogP contribution in [0.3, 0.4) is 0 Å². The predicted octanol–water partition coefficient (Wildman–Crippen LogP) is 6.27. The molecule has 1 aliphatic rings. The molecule has 2 heteroatoms. The molecule has 2 aromatic rings. The summed E-state index contributed by atoms with van der Waals surface area (Å²) in [6, 6.07) is 14.0. The third-order valence-corrected chi connectivity index (χ3v) is 6.25. The number of allylic oxidation sites excluding steroid dienone is 1. The molecular weight excluding hydrogens is 340 g/mol. The van der Waals surface area contributed by atoms with Crippen molar-refractivity contribution in [3.05, 3.63) is 77.1 Å². The zero-order chi connectivity index (χ0) is 20.1. The number of pyridine rings is 1. The summed E-state index contributed by atoms with van der Waals surface area (Å²) in [5.74, 6) is 0.678. The van der Waals surface area contributed by atoms with E-state index < -0.39 is 0 Å². The lowest BCUT2D eigenvalue weighted by Gasteiger charge is -2.40. The molecule has 28 heavy (non-hydrogen) atoms. The van der Waals surface area contributed by atoms with E-state index in [1.807, 2.05) is 12.4 Å². The van der Waals surface area contributed by atoms with Crippen molar-refractivity contribution in [3.8, 4) is 0 Å². The Morgan fingerprint density at radius 1 is 1.07 bits per heavy atom. The van der Waals surface area contributed by atoms with E-state index in [0.29, 0.717) is 12.0 Å². The number of benzene rings is 1. The first-order valence-electron chi connectivity index (χ1n) is 10.7. The molecule has 0 amide bonds. The van der Waals surface area contributed by atoms with Gasteiger partial charge in [0, 0.05) is 18.4 Å². The molecule has 0 aliphatic carbocycles. The Labute approximate surface area is 171 Å². The topological polar surface area (TPSA) is 16.1 Å². The van der Waals surface area contributed by atoms with Crippen LogP contribution in [0.4, 0.5) is 0 Å². The van der Waals surface area contributed by atoms with E-state index in [4.69, 9.17) is 0 Å². The van der Waals surface area contributed by atoms with E-state index in [9.17, 15) is 0 Å². The lowest BCUT2D eigenvalue weighted by atomic mass is 9.77. The first-order valence-corrected chi connectivity index (χ1v) is 10.7. The predicted molar refractivity (Wildman–Crippen MR) is 120 cm³/mol. The Kier molecular flexibility index (Phi) is 6.72. The molecule has 0 saturated carbocycles. The summed E-state index contributed by atoms with van der Waals surface area (Å²) in [7, 11) is 0. The molecule has 1 saturated heterocycles. The molecule has 0 bridgehead atoms. The minimum absolute atomic E-state index is 0.159. The minimum Gasteiger partial charge on any atom is -0.297 e. The molecule has 0 spiro atoms. The van der Waals surface area contributed by atoms with Crippen LogP contribution in [0, 0.1) is 6.92 Å². The van der Waals surface area contributed by atoms with Crippen molar-refractivity contribution >= 4 is 0 Å². The van der Waals surface area contributed by atoms with E-state index in [0.717, 1.165) is 6.42 Å². The van der Waals surface area contributed by atoms with Crippen LogP contribution in [0.25, 0.3) is 0 Å². The third-order valence-electron chi connectivity index (χ3n) is 6.25. The number of likely N-dealkylation sites (tertiary alicyclic amines) is 1. The van der Waals surface area contributed by atoms with Crippen LogP contribution in [0.1, 0.15) is 69.6 Å². The van der Waals surface area contributed by atoms with Gasteiger partial charge in [-0.2, -0.15) is 0 Å². The summed E-state index contributed by atoms with van der Waals surface area (Å²) in [4.78, 5) is 6.88. The molecular formula is C26H36N2. The number of nitrogens with zero attached hydrogens (tertiary/aromatic N) is 2. The molecule has 2 nitrogen and oxygen atoms in total. The van der Waals surface area contributed by atoms with Crippen LogP contribution in [0.2, 0.25) is 0 Å². The number of rotatable bonds is 6. The smallest absolute Gasteiger partial charge is 0.0288 e. The van der Waals surface area contributed by atoms with Gasteiger partial charge in [-0.15, -0.1) is 0 Å². The standard InChI is InChI=1S/C26H36N2/c1-20(2)18-25(19-26(4,5)24-8-6-21(3)7-9-24)28-16-12-23(13-17-28)22-10-14-27-15-11-22/h6-11,14-15,18,23,25H,12-13,16-17,19H2,1-5H3. The second kappa shape index (κ2) is 9.05. The van der Waals surface area contributed by atoms with Crippen molar-refractivity contribution in [2.75, 3.05) is 13.1 Å². The summed E-state index contributed by atoms with van der Waals surface area (Å²) in [6.07, 6.45) is 9.98. The molecule has 3 rings (SSSR count). The number of piperidine rings is 1. The highest BCUT2D eigenvalue weighted by Crippen LogP contribution is 2.34. The quantitative estimate of drug-likeness (QED) is 0.552. The summed E-state index contributed by atoms with van der Waals surface area (Å²) in [5, 5.41) is 0. The van der Waals surface area contributed by atoms with Crippen molar-refractivity contribution in [1.29, 1.82) is 0 Å². The highest BCUT2D eigenvalue weighted by Gasteiger charge is 2.30. The fraction of sp³-hybridized carbons (Fsp3) is 0.500. The maximum absolute atomic E-state index is 4.17. The first-order chi connectivity index (χ1) is 13.3. The molecule has 1 unspecified atom stereocenters. The lowest BCUT2D eigenvalue weighted by molar-refractivity contribution is 0.155. The van der Waals surface area contributed by atoms with Crippen molar-refractivity contribution < 1.29 is 0 Å². The number of hydrogen-bond acceptors (Lipinski definition) is 2. The Hall–Kier alpha value is -1.93. The normalized spacial score (nSPS) is 17.3. The van der Waals surface area contributed by atoms with Crippen LogP contribution in [0.5, 0.6) is 0 Å². The zero-order valence-electron chi connectivity index (χ0n) is 18.3. The molecule has 1 fully saturated rings. The minimum atomic E-state index is 0.159. The fourth-order valence-corrected chi connectivity index (χ4v) is 4.52. The number of aryl methyl sites for hydroxylation is 1. The summed E-state index contributed by atoms with van der Waals surface area (Å²) in [6.45, 7) is 13.8. The SMILES string of the molecule is CC(C)=CC(CC(C)(C)c1ccc(C)cc1)N1CCC(c2ccncc2)CC1. The van der Waals surface area contributed by atoms with E-state index in [2.05, 4.69) is 87.0 Å². The van der Waals surface area contributed by atoms with Gasteiger partial charge >= 0.3 is 0 Å². The highest BCUT2D eigenvalue weighted by atomic mass is 15.2. The zero-order valence-corrected chi connectivity index (χ0v) is 18.3. The van der Waals surface area contributed by atoms with E-state index in [1.165, 1.54) is 48.2 Å². The lowest BCUT2D eigenvalue weighted by Crippen LogP contribution is -2.43. The molecule has 1 aromatic heterocycles. The Bertz CT molecular complexity index is 762. The average molecular weight is 377 g/mol. The van der Waals surface area contributed by atoms with E-state index in [1.54, 1.807) is 0 Å². The van der Waals surface area contributed by atoms with Crippen LogP contribution >= 0.6 is 0 Å². The summed E-state index contributed by atoms with van der Waals surface area (Å²) >= 11 is 0. The van der Waals surface area contributed by atoms with Crippen molar-refractivity contribution in [2.24, 2.45) is 0 Å². The van der Waals surface area contributed by atoms with Gasteiger partial charge in [0.1, 0.15) is 0 Å². The summed E-state index contributed by atoms with van der Waals surface area (Å²) in [5.41, 5.74) is 5.80. The van der Waals surface area contributed by atoms with Crippen LogP contribution in [-0.2, 0) is 5.41 Å². The first kappa shape index (κ1) is 20.8. The van der Waals surface area contributed by atoms with Crippen molar-refractivity contribution in [3.63, 3.8) is 0 Å².